The number of nitrogens with zero attached hydrogens (tertiary/aromatic N) is 2. The van der Waals surface area contributed by atoms with E-state index in [0.717, 1.165) is 19.5 Å². The smallest absolute Gasteiger partial charge is 0.311 e. The summed E-state index contributed by atoms with van der Waals surface area (Å²) < 4.78 is 51.5. The van der Waals surface area contributed by atoms with Crippen LogP contribution in [-0.2, 0) is 52.3 Å². The van der Waals surface area contributed by atoms with Crippen LogP contribution in [-0.4, -0.2) is 175 Å². The first-order valence-corrected chi connectivity index (χ1v) is 22.1. The second kappa shape index (κ2) is 19.1. The number of methoxy groups -OCH3 is 2. The molecule has 3 N–H and O–H groups in total. The second-order valence-corrected chi connectivity index (χ2v) is 19.5. The van der Waals surface area contributed by atoms with Gasteiger partial charge in [-0.05, 0) is 74.4 Å². The normalized spacial score (nSPS) is 47.9. The average molecular weight is 857 g/mol. The highest BCUT2D eigenvalue weighted by molar-refractivity contribution is 5.84. The Morgan fingerprint density at radius 1 is 0.867 bits per heavy atom. The summed E-state index contributed by atoms with van der Waals surface area (Å²) in [5.41, 5.74) is -4.05. The van der Waals surface area contributed by atoms with Crippen molar-refractivity contribution >= 4 is 17.7 Å². The van der Waals surface area contributed by atoms with Crippen LogP contribution in [0.3, 0.4) is 0 Å². The number of carbonyl (C=O) groups excluding carboxylic acids is 3. The van der Waals surface area contributed by atoms with Crippen LogP contribution in [0.2, 0.25) is 0 Å². The number of ketones is 1. The molecule has 5 rings (SSSR count). The molecule has 16 nitrogen and oxygen atoms in total. The molecule has 4 aliphatic heterocycles. The molecule has 60 heavy (non-hydrogen) atoms. The third kappa shape index (κ3) is 9.79. The Balaban J connectivity index is 1.60. The maximum atomic E-state index is 14.4. The summed E-state index contributed by atoms with van der Waals surface area (Å²) in [4.78, 5) is 45.2. The number of ether oxygens (including phenoxy) is 8. The van der Waals surface area contributed by atoms with Gasteiger partial charge in [0.2, 0.25) is 0 Å². The largest absolute Gasteiger partial charge is 0.458 e. The monoisotopic (exact) mass is 857 g/mol. The van der Waals surface area contributed by atoms with Gasteiger partial charge < -0.3 is 58.1 Å². The van der Waals surface area contributed by atoms with E-state index >= 15 is 0 Å². The summed E-state index contributed by atoms with van der Waals surface area (Å²) in [7, 11) is 7.08. The number of likely N-dealkylation sites (N-methyl/N-ethyl adjacent to an activating group) is 1. The molecule has 0 spiro atoms. The van der Waals surface area contributed by atoms with Gasteiger partial charge in [0.15, 0.2) is 18.7 Å². The zero-order chi connectivity index (χ0) is 44.8. The maximum absolute atomic E-state index is 14.4. The van der Waals surface area contributed by atoms with Crippen LogP contribution in [0, 0.1) is 29.6 Å². The van der Waals surface area contributed by atoms with E-state index in [1.807, 2.05) is 41.8 Å². The van der Waals surface area contributed by atoms with E-state index in [1.54, 1.807) is 41.7 Å². The van der Waals surface area contributed by atoms with E-state index in [-0.39, 0.29) is 42.9 Å². The van der Waals surface area contributed by atoms with Crippen molar-refractivity contribution in [3.05, 3.63) is 0 Å². The molecule has 0 bridgehead atoms. The number of fused-ring (bicyclic) bond motifs is 1. The molecular formula is C44H76N2O14. The van der Waals surface area contributed by atoms with Crippen molar-refractivity contribution < 1.29 is 67.6 Å². The minimum absolute atomic E-state index is 0.0287. The van der Waals surface area contributed by atoms with E-state index in [1.165, 1.54) is 14.0 Å². The Bertz CT molecular complexity index is 1500. The molecule has 5 aliphatic rings. The van der Waals surface area contributed by atoms with Gasteiger partial charge in [-0.3, -0.25) is 19.3 Å². The predicted molar refractivity (Wildman–Crippen MR) is 218 cm³/mol. The molecule has 0 aromatic rings. The van der Waals surface area contributed by atoms with E-state index < -0.39 is 108 Å². The number of Topliss-reactive ketones (excluding diaryl/α,β-unsaturated/α-hetero) is 1. The molecule has 0 amide bonds. The lowest BCUT2D eigenvalue weighted by atomic mass is 9.75. The third-order valence-electron chi connectivity index (χ3n) is 14.8. The summed E-state index contributed by atoms with van der Waals surface area (Å²) in [5, 5.41) is 33.6. The fourth-order valence-electron chi connectivity index (χ4n) is 10.9. The maximum Gasteiger partial charge on any atom is 0.311 e. The molecule has 0 radical (unpaired) electrons. The van der Waals surface area contributed by atoms with Gasteiger partial charge in [-0.15, -0.1) is 0 Å². The van der Waals surface area contributed by atoms with Crippen LogP contribution < -0.4 is 0 Å². The topological polar surface area (TPSA) is 192 Å². The lowest BCUT2D eigenvalue weighted by Crippen LogP contribution is -2.65. The van der Waals surface area contributed by atoms with Crippen molar-refractivity contribution in [2.45, 2.75) is 192 Å². The van der Waals surface area contributed by atoms with Gasteiger partial charge in [0.05, 0.1) is 54.2 Å². The highest BCUT2D eigenvalue weighted by Crippen LogP contribution is 2.52. The number of rotatable bonds is 9. The Kier molecular flexibility index (Phi) is 15.7. The zero-order valence-electron chi connectivity index (χ0n) is 38.5. The van der Waals surface area contributed by atoms with Crippen LogP contribution in [0.25, 0.3) is 0 Å². The Morgan fingerprint density at radius 2 is 1.47 bits per heavy atom. The van der Waals surface area contributed by atoms with Gasteiger partial charge >= 0.3 is 11.9 Å². The Labute approximate surface area is 357 Å². The first-order valence-electron chi connectivity index (χ1n) is 22.1. The molecule has 5 fully saturated rings. The number of carbonyl (C=O) groups is 3. The van der Waals surface area contributed by atoms with Crippen LogP contribution in [0.15, 0.2) is 0 Å². The molecule has 1 aliphatic carbocycles. The van der Waals surface area contributed by atoms with Crippen LogP contribution in [0.4, 0.5) is 0 Å². The molecular weight excluding hydrogens is 780 g/mol. The molecule has 19 atom stereocenters. The molecule has 4 heterocycles. The minimum atomic E-state index is -1.82. The number of likely N-dealkylation sites (tertiary alicyclic amines) is 1. The third-order valence-corrected chi connectivity index (χ3v) is 14.8. The quantitative estimate of drug-likeness (QED) is 0.287. The van der Waals surface area contributed by atoms with E-state index in [2.05, 4.69) is 9.80 Å². The van der Waals surface area contributed by atoms with E-state index in [0.29, 0.717) is 12.8 Å². The first-order chi connectivity index (χ1) is 27.9. The Hall–Kier alpha value is -1.83. The number of esters is 2. The standard InChI is InChI=1S/C44H76N2O14/c1-22-20-42(9,53-13)37(60-41-33(45(11)12)31(19-23(2)55-41)46-17-15-30(48)16-18-46)25(4)35(58-32-21-43(10,54-14)39(28(7)56-32)57-29(8)47)26(5)40(51)59-38-27(6)44(38,52)36(50)24(3)34(22)49/h22-28,30-33,35-39,41,48,50,52H,15-21H2,1-14H3/t22-,23-,24+,25+,26-,27?,28+,31-,32+,33+,35+,36-,37-,38-,39+,41+,42+,43-,44+/m1/s1. The van der Waals surface area contributed by atoms with Crippen molar-refractivity contribution in [2.24, 2.45) is 29.6 Å². The number of aliphatic hydroxyl groups excluding tert-OH is 2. The number of piperidine rings is 1. The van der Waals surface area contributed by atoms with Crippen molar-refractivity contribution in [3.8, 4) is 0 Å². The minimum Gasteiger partial charge on any atom is -0.458 e. The molecule has 16 heteroatoms. The van der Waals surface area contributed by atoms with Crippen LogP contribution in [0.1, 0.15) is 101 Å². The first kappa shape index (κ1) is 49.2. The molecule has 0 aromatic carbocycles. The molecule has 346 valence electrons. The number of hydrogen-bond acceptors (Lipinski definition) is 16. The van der Waals surface area contributed by atoms with Gasteiger partial charge in [-0.2, -0.15) is 0 Å². The highest BCUT2D eigenvalue weighted by Gasteiger charge is 2.70. The highest BCUT2D eigenvalue weighted by atomic mass is 16.7. The van der Waals surface area contributed by atoms with Crippen molar-refractivity contribution in [1.29, 1.82) is 0 Å². The lowest BCUT2D eigenvalue weighted by Gasteiger charge is -2.52. The van der Waals surface area contributed by atoms with Crippen molar-refractivity contribution in [3.63, 3.8) is 0 Å². The van der Waals surface area contributed by atoms with Gasteiger partial charge in [0, 0.05) is 70.4 Å². The van der Waals surface area contributed by atoms with E-state index in [4.69, 9.17) is 37.9 Å². The zero-order valence-corrected chi connectivity index (χ0v) is 38.5. The fourth-order valence-corrected chi connectivity index (χ4v) is 10.9. The fraction of sp³-hybridized carbons (Fsp3) is 0.932. The number of hydrogen-bond donors (Lipinski definition) is 3. The van der Waals surface area contributed by atoms with Gasteiger partial charge in [-0.25, -0.2) is 0 Å². The second-order valence-electron chi connectivity index (χ2n) is 19.5. The molecule has 1 unspecified atom stereocenters. The van der Waals surface area contributed by atoms with Crippen LogP contribution in [0.5, 0.6) is 0 Å². The summed E-state index contributed by atoms with van der Waals surface area (Å²) >= 11 is 0. The number of aliphatic hydroxyl groups is 3. The summed E-state index contributed by atoms with van der Waals surface area (Å²) in [6.45, 7) is 19.0. The molecule has 4 saturated heterocycles. The predicted octanol–water partition coefficient (Wildman–Crippen LogP) is 2.69. The summed E-state index contributed by atoms with van der Waals surface area (Å²) in [6.07, 6.45) is -5.72. The molecule has 1 saturated carbocycles. The van der Waals surface area contributed by atoms with E-state index in [9.17, 15) is 29.7 Å². The Morgan fingerprint density at radius 3 is 2.03 bits per heavy atom. The van der Waals surface area contributed by atoms with Gasteiger partial charge in [0.25, 0.3) is 0 Å². The molecule has 0 aromatic heterocycles. The van der Waals surface area contributed by atoms with Gasteiger partial charge in [0.1, 0.15) is 23.1 Å². The van der Waals surface area contributed by atoms with Crippen molar-refractivity contribution in [1.82, 2.24) is 9.80 Å². The lowest BCUT2D eigenvalue weighted by molar-refractivity contribution is -0.315. The summed E-state index contributed by atoms with van der Waals surface area (Å²) in [5.74, 6) is -5.37. The summed E-state index contributed by atoms with van der Waals surface area (Å²) in [6, 6.07) is -0.230. The SMILES string of the molecule is CO[C@]1(C)C[C@H](O[C@H]2[C@H](C)[C@@H](O[C@@H]3O[C@H](C)C[C@@H](N4CCC(O)CC4)[C@@H]3N(C)C)[C@@](C)(OC)C[C@@H](C)C(=O)[C@H](C)[C@@H](O)[C@@]3(O)C(C)[C@H]3OC(=O)[C@@H]2C)O[C@@H](C)[C@@H]1OC(C)=O. The van der Waals surface area contributed by atoms with Crippen LogP contribution >= 0.6 is 0 Å². The average Bonchev–Trinajstić information content (AvgIpc) is 3.72. The van der Waals surface area contributed by atoms with Crippen molar-refractivity contribution in [2.75, 3.05) is 41.4 Å². The van der Waals surface area contributed by atoms with Gasteiger partial charge in [-0.1, -0.05) is 27.7 Å².